The highest BCUT2D eigenvalue weighted by Crippen LogP contribution is 2.11. The van der Waals surface area contributed by atoms with Crippen molar-refractivity contribution < 1.29 is 4.79 Å². The Labute approximate surface area is 132 Å². The van der Waals surface area contributed by atoms with Crippen molar-refractivity contribution in [3.05, 3.63) is 23.4 Å². The molecule has 0 spiro atoms. The normalized spacial score (nSPS) is 10.4. The molecule has 0 saturated heterocycles. The van der Waals surface area contributed by atoms with E-state index in [0.717, 1.165) is 37.4 Å². The molecule has 0 aliphatic carbocycles. The van der Waals surface area contributed by atoms with E-state index in [2.05, 4.69) is 21.9 Å². The van der Waals surface area contributed by atoms with Crippen LogP contribution < -0.4 is 10.6 Å². The summed E-state index contributed by atoms with van der Waals surface area (Å²) in [4.78, 5) is 16.6. The quantitative estimate of drug-likeness (QED) is 0.651. The molecule has 0 atom stereocenters. The van der Waals surface area contributed by atoms with E-state index in [9.17, 15) is 4.79 Å². The third-order valence-corrected chi connectivity index (χ3v) is 3.87. The van der Waals surface area contributed by atoms with E-state index in [4.69, 9.17) is 0 Å². The zero-order chi connectivity index (χ0) is 15.5. The number of unbranched alkanes of at least 4 members (excludes halogenated alkanes) is 2. The maximum absolute atomic E-state index is 12.2. The first-order valence-corrected chi connectivity index (χ1v) is 9.12. The summed E-state index contributed by atoms with van der Waals surface area (Å²) in [7, 11) is 0. The molecule has 1 aromatic heterocycles. The number of nitrogens with zero attached hydrogens (tertiary/aromatic N) is 1. The fourth-order valence-electron chi connectivity index (χ4n) is 2.02. The molecule has 0 unspecified atom stereocenters. The summed E-state index contributed by atoms with van der Waals surface area (Å²) in [6.45, 7) is 5.62. The SMILES string of the molecule is CCNc1cc(C(=O)NCCCCCSC)cc(CC)n1. The van der Waals surface area contributed by atoms with E-state index in [-0.39, 0.29) is 5.91 Å². The summed E-state index contributed by atoms with van der Waals surface area (Å²) in [6, 6.07) is 3.70. The number of rotatable bonds is 10. The Hall–Kier alpha value is -1.23. The Morgan fingerprint density at radius 1 is 1.24 bits per heavy atom. The van der Waals surface area contributed by atoms with Gasteiger partial charge in [-0.25, -0.2) is 4.98 Å². The molecule has 1 heterocycles. The summed E-state index contributed by atoms with van der Waals surface area (Å²) < 4.78 is 0. The van der Waals surface area contributed by atoms with Crippen molar-refractivity contribution in [1.29, 1.82) is 0 Å². The summed E-state index contributed by atoms with van der Waals surface area (Å²) in [5.74, 6) is 1.97. The summed E-state index contributed by atoms with van der Waals surface area (Å²) >= 11 is 1.87. The van der Waals surface area contributed by atoms with Crippen LogP contribution in [0.15, 0.2) is 12.1 Å². The van der Waals surface area contributed by atoms with Gasteiger partial charge in [-0.15, -0.1) is 0 Å². The average molecular weight is 309 g/mol. The van der Waals surface area contributed by atoms with Crippen LogP contribution >= 0.6 is 11.8 Å². The van der Waals surface area contributed by atoms with Gasteiger partial charge < -0.3 is 10.6 Å². The van der Waals surface area contributed by atoms with Crippen molar-refractivity contribution in [2.24, 2.45) is 0 Å². The number of pyridine rings is 1. The molecule has 0 aliphatic heterocycles. The van der Waals surface area contributed by atoms with Gasteiger partial charge in [-0.05, 0) is 50.3 Å². The summed E-state index contributed by atoms with van der Waals surface area (Å²) in [5.41, 5.74) is 1.64. The van der Waals surface area contributed by atoms with Crippen LogP contribution in [0.3, 0.4) is 0 Å². The van der Waals surface area contributed by atoms with Crippen molar-refractivity contribution >= 4 is 23.5 Å². The molecule has 1 rings (SSSR count). The van der Waals surface area contributed by atoms with Crippen molar-refractivity contribution in [2.75, 3.05) is 30.4 Å². The molecule has 21 heavy (non-hydrogen) atoms. The molecular formula is C16H27N3OS. The molecule has 2 N–H and O–H groups in total. The van der Waals surface area contributed by atoms with Gasteiger partial charge in [0, 0.05) is 24.3 Å². The standard InChI is InChI=1S/C16H27N3OS/c1-4-14-11-13(12-15(19-14)17-5-2)16(20)18-9-7-6-8-10-21-3/h11-12H,4-10H2,1-3H3,(H,17,19)(H,18,20). The molecule has 5 heteroatoms. The van der Waals surface area contributed by atoms with Crippen LogP contribution in [-0.2, 0) is 6.42 Å². The number of hydrogen-bond acceptors (Lipinski definition) is 4. The minimum absolute atomic E-state index is 0.00359. The van der Waals surface area contributed by atoms with E-state index in [0.29, 0.717) is 5.56 Å². The second kappa shape index (κ2) is 10.5. The topological polar surface area (TPSA) is 54.0 Å². The predicted molar refractivity (Wildman–Crippen MR) is 92.3 cm³/mol. The number of aromatic nitrogens is 1. The molecule has 4 nitrogen and oxygen atoms in total. The number of carbonyl (C=O) groups excluding carboxylic acids is 1. The van der Waals surface area contributed by atoms with Gasteiger partial charge >= 0.3 is 0 Å². The van der Waals surface area contributed by atoms with Gasteiger partial charge in [-0.1, -0.05) is 13.3 Å². The van der Waals surface area contributed by atoms with Gasteiger partial charge in [0.1, 0.15) is 5.82 Å². The Morgan fingerprint density at radius 3 is 2.71 bits per heavy atom. The summed E-state index contributed by atoms with van der Waals surface area (Å²) in [5, 5.41) is 6.17. The highest BCUT2D eigenvalue weighted by molar-refractivity contribution is 7.98. The van der Waals surface area contributed by atoms with Crippen molar-refractivity contribution in [2.45, 2.75) is 39.5 Å². The minimum atomic E-state index is -0.00359. The maximum Gasteiger partial charge on any atom is 0.251 e. The first kappa shape index (κ1) is 17.8. The fraction of sp³-hybridized carbons (Fsp3) is 0.625. The van der Waals surface area contributed by atoms with Crippen molar-refractivity contribution in [3.63, 3.8) is 0 Å². The van der Waals surface area contributed by atoms with E-state index in [1.54, 1.807) is 0 Å². The number of anilines is 1. The number of carbonyl (C=O) groups is 1. The van der Waals surface area contributed by atoms with Gasteiger partial charge in [0.15, 0.2) is 0 Å². The molecular weight excluding hydrogens is 282 g/mol. The van der Waals surface area contributed by atoms with Crippen LogP contribution in [0.1, 0.15) is 49.2 Å². The Balaban J connectivity index is 2.50. The van der Waals surface area contributed by atoms with Gasteiger partial charge in [-0.3, -0.25) is 4.79 Å². The number of hydrogen-bond donors (Lipinski definition) is 2. The second-order valence-corrected chi connectivity index (χ2v) is 5.91. The number of thioether (sulfide) groups is 1. The molecule has 1 aromatic rings. The fourth-order valence-corrected chi connectivity index (χ4v) is 2.52. The van der Waals surface area contributed by atoms with Crippen LogP contribution in [0.2, 0.25) is 0 Å². The molecule has 0 aromatic carbocycles. The maximum atomic E-state index is 12.2. The largest absolute Gasteiger partial charge is 0.370 e. The van der Waals surface area contributed by atoms with E-state index >= 15 is 0 Å². The van der Waals surface area contributed by atoms with Crippen molar-refractivity contribution in [3.8, 4) is 0 Å². The smallest absolute Gasteiger partial charge is 0.251 e. The van der Waals surface area contributed by atoms with Crippen LogP contribution in [0.25, 0.3) is 0 Å². The lowest BCUT2D eigenvalue weighted by molar-refractivity contribution is 0.0953. The highest BCUT2D eigenvalue weighted by atomic mass is 32.2. The summed E-state index contributed by atoms with van der Waals surface area (Å²) in [6.07, 6.45) is 6.38. The number of aryl methyl sites for hydroxylation is 1. The third kappa shape index (κ3) is 6.85. The lowest BCUT2D eigenvalue weighted by atomic mass is 10.1. The Kier molecular flexibility index (Phi) is 8.90. The van der Waals surface area contributed by atoms with Crippen LogP contribution in [0, 0.1) is 0 Å². The molecule has 0 aliphatic rings. The van der Waals surface area contributed by atoms with Crippen LogP contribution in [0.5, 0.6) is 0 Å². The molecule has 0 bridgehead atoms. The lowest BCUT2D eigenvalue weighted by Crippen LogP contribution is -2.25. The van der Waals surface area contributed by atoms with Gasteiger partial charge in [-0.2, -0.15) is 11.8 Å². The first-order chi connectivity index (χ1) is 10.2. The predicted octanol–water partition coefficient (Wildman–Crippen LogP) is 3.34. The van der Waals surface area contributed by atoms with Crippen LogP contribution in [-0.4, -0.2) is 36.0 Å². The Morgan fingerprint density at radius 2 is 2.05 bits per heavy atom. The monoisotopic (exact) mass is 309 g/mol. The Bertz CT molecular complexity index is 438. The van der Waals surface area contributed by atoms with Gasteiger partial charge in [0.05, 0.1) is 0 Å². The molecule has 0 radical (unpaired) electrons. The molecule has 118 valence electrons. The number of nitrogens with one attached hydrogen (secondary N) is 2. The highest BCUT2D eigenvalue weighted by Gasteiger charge is 2.08. The third-order valence-electron chi connectivity index (χ3n) is 3.17. The van der Waals surface area contributed by atoms with Gasteiger partial charge in [0.25, 0.3) is 5.91 Å². The second-order valence-electron chi connectivity index (χ2n) is 4.93. The van der Waals surface area contributed by atoms with E-state index < -0.39 is 0 Å². The van der Waals surface area contributed by atoms with E-state index in [1.807, 2.05) is 37.7 Å². The molecule has 1 amide bonds. The lowest BCUT2D eigenvalue weighted by Gasteiger charge is -2.09. The molecule has 0 fully saturated rings. The van der Waals surface area contributed by atoms with Crippen LogP contribution in [0.4, 0.5) is 5.82 Å². The average Bonchev–Trinajstić information content (AvgIpc) is 2.50. The zero-order valence-corrected chi connectivity index (χ0v) is 14.2. The minimum Gasteiger partial charge on any atom is -0.370 e. The number of amides is 1. The van der Waals surface area contributed by atoms with E-state index in [1.165, 1.54) is 18.6 Å². The van der Waals surface area contributed by atoms with Crippen molar-refractivity contribution in [1.82, 2.24) is 10.3 Å². The molecule has 0 saturated carbocycles. The van der Waals surface area contributed by atoms with Gasteiger partial charge in [0.2, 0.25) is 0 Å². The zero-order valence-electron chi connectivity index (χ0n) is 13.4. The first-order valence-electron chi connectivity index (χ1n) is 7.73.